The summed E-state index contributed by atoms with van der Waals surface area (Å²) in [6.45, 7) is -0.343. The maximum atomic E-state index is 12.0. The van der Waals surface area contributed by atoms with E-state index in [-0.39, 0.29) is 6.54 Å². The van der Waals surface area contributed by atoms with E-state index in [9.17, 15) is 26.4 Å². The number of rotatable bonds is 4. The molecule has 7 nitrogen and oxygen atoms in total. The molecule has 0 aliphatic heterocycles. The van der Waals surface area contributed by atoms with E-state index in [2.05, 4.69) is 9.84 Å². The Morgan fingerprint density at radius 2 is 2.17 bits per heavy atom. The zero-order valence-corrected chi connectivity index (χ0v) is 9.75. The fraction of sp³-hybridized carbons (Fsp3) is 0.429. The van der Waals surface area contributed by atoms with Gasteiger partial charge < -0.3 is 4.74 Å². The molecule has 102 valence electrons. The first-order valence-corrected chi connectivity index (χ1v) is 5.82. The van der Waals surface area contributed by atoms with E-state index >= 15 is 0 Å². The van der Waals surface area contributed by atoms with Gasteiger partial charge in [0.2, 0.25) is 0 Å². The third-order valence-electron chi connectivity index (χ3n) is 1.71. The minimum atomic E-state index is -5.49. The topological polar surface area (TPSA) is 90.3 Å². The summed E-state index contributed by atoms with van der Waals surface area (Å²) in [5.41, 5.74) is -5.83. The van der Waals surface area contributed by atoms with Crippen LogP contribution in [0, 0.1) is 0 Å². The summed E-state index contributed by atoms with van der Waals surface area (Å²) < 4.78 is 64.1. The fourth-order valence-corrected chi connectivity index (χ4v) is 1.44. The number of hydrogen-bond acceptors (Lipinski definition) is 5. The third-order valence-corrected chi connectivity index (χ3v) is 2.82. The summed E-state index contributed by atoms with van der Waals surface area (Å²) in [5.74, 6) is -0.677. The van der Waals surface area contributed by atoms with E-state index in [1.165, 1.54) is 4.72 Å². The third kappa shape index (κ3) is 3.35. The van der Waals surface area contributed by atoms with Gasteiger partial charge in [-0.1, -0.05) is 0 Å². The second-order valence-electron chi connectivity index (χ2n) is 3.05. The van der Waals surface area contributed by atoms with Gasteiger partial charge in [0.25, 0.3) is 0 Å². The van der Waals surface area contributed by atoms with Crippen molar-refractivity contribution in [3.63, 3.8) is 0 Å². The van der Waals surface area contributed by atoms with Crippen molar-refractivity contribution in [2.24, 2.45) is 0 Å². The van der Waals surface area contributed by atoms with Crippen LogP contribution in [0.1, 0.15) is 0 Å². The molecular weight excluding hydrogens is 279 g/mol. The Balaban J connectivity index is 2.80. The molecule has 0 bridgehead atoms. The summed E-state index contributed by atoms with van der Waals surface area (Å²) in [6.07, 6.45) is 1.77. The molecule has 1 rings (SSSR count). The number of methoxy groups -OCH3 is 1. The molecule has 1 aromatic heterocycles. The standard InChI is InChI=1S/C7H8F3N3O4S/c1-17-6(14)4-13-3-5(2-11-13)12-18(15,16)7(8,9)10/h2-3,12H,4H2,1H3. The smallest absolute Gasteiger partial charge is 0.468 e. The number of hydrogen-bond donors (Lipinski definition) is 1. The molecule has 0 saturated carbocycles. The SMILES string of the molecule is COC(=O)Cn1cc(NS(=O)(=O)C(F)(F)F)cn1. The number of halogens is 3. The highest BCUT2D eigenvalue weighted by atomic mass is 32.2. The number of anilines is 1. The van der Waals surface area contributed by atoms with Gasteiger partial charge in [-0.25, -0.2) is 0 Å². The van der Waals surface area contributed by atoms with Crippen LogP contribution >= 0.6 is 0 Å². The lowest BCUT2D eigenvalue weighted by atomic mass is 10.6. The normalized spacial score (nSPS) is 12.2. The van der Waals surface area contributed by atoms with Crippen LogP contribution in [0.5, 0.6) is 0 Å². The maximum absolute atomic E-state index is 12.0. The van der Waals surface area contributed by atoms with Crippen LogP contribution in [0.4, 0.5) is 18.9 Å². The van der Waals surface area contributed by atoms with Crippen LogP contribution in [0.25, 0.3) is 0 Å². The number of esters is 1. The van der Waals surface area contributed by atoms with Gasteiger partial charge in [-0.3, -0.25) is 14.2 Å². The number of nitrogens with zero attached hydrogens (tertiary/aromatic N) is 2. The lowest BCUT2D eigenvalue weighted by Crippen LogP contribution is -2.29. The Labute approximate surface area is 99.6 Å². The molecular formula is C7H8F3N3O4S. The summed E-state index contributed by atoms with van der Waals surface area (Å²) >= 11 is 0. The molecule has 1 heterocycles. The molecule has 0 aliphatic carbocycles. The van der Waals surface area contributed by atoms with Gasteiger partial charge in [-0.2, -0.15) is 26.7 Å². The summed E-state index contributed by atoms with van der Waals surface area (Å²) in [5, 5.41) is 3.49. The zero-order chi connectivity index (χ0) is 14.0. The molecule has 0 unspecified atom stereocenters. The molecule has 0 amide bonds. The van der Waals surface area contributed by atoms with Crippen LogP contribution in [0.3, 0.4) is 0 Å². The molecule has 0 fully saturated rings. The van der Waals surface area contributed by atoms with Gasteiger partial charge in [0, 0.05) is 6.20 Å². The molecule has 11 heteroatoms. The van der Waals surface area contributed by atoms with E-state index in [1.54, 1.807) is 0 Å². The highest BCUT2D eigenvalue weighted by molar-refractivity contribution is 7.93. The first-order valence-electron chi connectivity index (χ1n) is 4.34. The van der Waals surface area contributed by atoms with E-state index < -0.39 is 27.2 Å². The predicted octanol–water partition coefficient (Wildman–Crippen LogP) is 0.318. The molecule has 0 atom stereocenters. The first kappa shape index (κ1) is 14.3. The van der Waals surface area contributed by atoms with Gasteiger partial charge in [-0.05, 0) is 0 Å². The highest BCUT2D eigenvalue weighted by Gasteiger charge is 2.46. The average molecular weight is 287 g/mol. The number of sulfonamides is 1. The predicted molar refractivity (Wildman–Crippen MR) is 52.8 cm³/mol. The Kier molecular flexibility index (Phi) is 3.84. The summed E-state index contributed by atoms with van der Waals surface area (Å²) in [6, 6.07) is 0. The molecule has 0 aromatic carbocycles. The number of nitrogens with one attached hydrogen (secondary N) is 1. The molecule has 1 aromatic rings. The zero-order valence-electron chi connectivity index (χ0n) is 8.93. The Bertz CT molecular complexity index is 536. The van der Waals surface area contributed by atoms with E-state index in [4.69, 9.17) is 0 Å². The van der Waals surface area contributed by atoms with Crippen molar-refractivity contribution in [1.29, 1.82) is 0 Å². The van der Waals surface area contributed by atoms with Gasteiger partial charge in [0.15, 0.2) is 0 Å². The maximum Gasteiger partial charge on any atom is 0.516 e. The Hall–Kier alpha value is -1.78. The lowest BCUT2D eigenvalue weighted by molar-refractivity contribution is -0.141. The first-order chi connectivity index (χ1) is 8.15. The minimum absolute atomic E-state index is 0.343. The second kappa shape index (κ2) is 4.84. The van der Waals surface area contributed by atoms with Crippen molar-refractivity contribution in [3.8, 4) is 0 Å². The molecule has 1 N–H and O–H groups in total. The highest BCUT2D eigenvalue weighted by Crippen LogP contribution is 2.24. The fourth-order valence-electron chi connectivity index (χ4n) is 0.913. The minimum Gasteiger partial charge on any atom is -0.468 e. The van der Waals surface area contributed by atoms with Gasteiger partial charge >= 0.3 is 21.5 Å². The van der Waals surface area contributed by atoms with E-state index in [0.29, 0.717) is 0 Å². The van der Waals surface area contributed by atoms with Crippen molar-refractivity contribution in [1.82, 2.24) is 9.78 Å². The van der Waals surface area contributed by atoms with Crippen molar-refractivity contribution in [2.45, 2.75) is 12.1 Å². The van der Waals surface area contributed by atoms with Crippen LogP contribution in [-0.4, -0.2) is 36.8 Å². The second-order valence-corrected chi connectivity index (χ2v) is 4.73. The molecule has 18 heavy (non-hydrogen) atoms. The van der Waals surface area contributed by atoms with Gasteiger partial charge in [0.1, 0.15) is 6.54 Å². The van der Waals surface area contributed by atoms with Crippen LogP contribution in [-0.2, 0) is 26.1 Å². The lowest BCUT2D eigenvalue weighted by Gasteiger charge is -2.08. The number of alkyl halides is 3. The number of carbonyl (C=O) groups is 1. The molecule has 0 saturated heterocycles. The van der Waals surface area contributed by atoms with Crippen LogP contribution < -0.4 is 4.72 Å². The summed E-state index contributed by atoms with van der Waals surface area (Å²) in [4.78, 5) is 10.8. The Morgan fingerprint density at radius 3 is 2.67 bits per heavy atom. The van der Waals surface area contributed by atoms with Crippen LogP contribution in [0.15, 0.2) is 12.4 Å². The molecule has 0 aliphatic rings. The number of carbonyl (C=O) groups excluding carboxylic acids is 1. The molecule has 0 radical (unpaired) electrons. The van der Waals surface area contributed by atoms with Gasteiger partial charge in [0.05, 0.1) is 19.0 Å². The van der Waals surface area contributed by atoms with Crippen molar-refractivity contribution in [2.75, 3.05) is 11.8 Å². The van der Waals surface area contributed by atoms with Crippen LogP contribution in [0.2, 0.25) is 0 Å². The average Bonchev–Trinajstić information content (AvgIpc) is 2.62. The largest absolute Gasteiger partial charge is 0.516 e. The van der Waals surface area contributed by atoms with E-state index in [0.717, 1.165) is 24.2 Å². The monoisotopic (exact) mass is 287 g/mol. The number of aromatic nitrogens is 2. The van der Waals surface area contributed by atoms with Crippen molar-refractivity contribution < 1.29 is 31.1 Å². The van der Waals surface area contributed by atoms with Crippen molar-refractivity contribution >= 4 is 21.7 Å². The number of ether oxygens (including phenoxy) is 1. The Morgan fingerprint density at radius 1 is 1.56 bits per heavy atom. The van der Waals surface area contributed by atoms with E-state index in [1.807, 2.05) is 0 Å². The van der Waals surface area contributed by atoms with Crippen molar-refractivity contribution in [3.05, 3.63) is 12.4 Å². The summed E-state index contributed by atoms with van der Waals surface area (Å²) in [7, 11) is -4.37. The van der Waals surface area contributed by atoms with Gasteiger partial charge in [-0.15, -0.1) is 0 Å². The quantitative estimate of drug-likeness (QED) is 0.805. The molecule has 0 spiro atoms.